The van der Waals surface area contributed by atoms with Gasteiger partial charge in [-0.15, -0.1) is 0 Å². The molecule has 0 bridgehead atoms. The summed E-state index contributed by atoms with van der Waals surface area (Å²) in [6, 6.07) is 16.2. The molecular weight excluding hydrogens is 333 g/mol. The van der Waals surface area contributed by atoms with Crippen molar-refractivity contribution in [1.29, 1.82) is 0 Å². The number of hydrogen-bond acceptors (Lipinski definition) is 3. The van der Waals surface area contributed by atoms with Crippen LogP contribution in [0.4, 0.5) is 15.8 Å². The normalized spacial score (nSPS) is 10.2. The van der Waals surface area contributed by atoms with Crippen molar-refractivity contribution < 1.29 is 14.0 Å². The minimum absolute atomic E-state index is 0.210. The zero-order valence-corrected chi connectivity index (χ0v) is 14.0. The molecule has 5 nitrogen and oxygen atoms in total. The molecule has 1 aromatic heterocycles. The van der Waals surface area contributed by atoms with Gasteiger partial charge in [-0.05, 0) is 36.4 Å². The SMILES string of the molecule is CN(C(=O)c1cncc(C(=O)Nc2cccc(F)c2)c1)c1ccccc1. The molecule has 3 rings (SSSR count). The van der Waals surface area contributed by atoms with Crippen molar-refractivity contribution in [2.75, 3.05) is 17.3 Å². The summed E-state index contributed by atoms with van der Waals surface area (Å²) in [6.45, 7) is 0. The third-order valence-corrected chi connectivity index (χ3v) is 3.78. The zero-order chi connectivity index (χ0) is 18.5. The Hall–Kier alpha value is -3.54. The van der Waals surface area contributed by atoms with E-state index in [2.05, 4.69) is 10.3 Å². The lowest BCUT2D eigenvalue weighted by Crippen LogP contribution is -2.26. The van der Waals surface area contributed by atoms with Gasteiger partial charge < -0.3 is 10.2 Å². The molecule has 0 saturated heterocycles. The van der Waals surface area contributed by atoms with Crippen molar-refractivity contribution in [2.45, 2.75) is 0 Å². The molecule has 0 radical (unpaired) electrons. The van der Waals surface area contributed by atoms with Gasteiger partial charge in [0.1, 0.15) is 5.82 Å². The number of amides is 2. The predicted molar refractivity (Wildman–Crippen MR) is 97.8 cm³/mol. The maximum Gasteiger partial charge on any atom is 0.259 e. The number of pyridine rings is 1. The number of rotatable bonds is 4. The third kappa shape index (κ3) is 3.92. The molecule has 0 saturated carbocycles. The van der Waals surface area contributed by atoms with E-state index in [1.54, 1.807) is 13.1 Å². The van der Waals surface area contributed by atoms with Gasteiger partial charge in [-0.1, -0.05) is 24.3 Å². The molecule has 3 aromatic rings. The summed E-state index contributed by atoms with van der Waals surface area (Å²) in [6.07, 6.45) is 2.76. The van der Waals surface area contributed by atoms with Crippen molar-refractivity contribution in [3.8, 4) is 0 Å². The number of para-hydroxylation sites is 1. The van der Waals surface area contributed by atoms with E-state index in [0.29, 0.717) is 5.69 Å². The number of carbonyl (C=O) groups is 2. The Morgan fingerprint density at radius 2 is 1.69 bits per heavy atom. The number of aromatic nitrogens is 1. The van der Waals surface area contributed by atoms with Crippen LogP contribution >= 0.6 is 0 Å². The molecule has 0 atom stereocenters. The van der Waals surface area contributed by atoms with Crippen LogP contribution in [0.15, 0.2) is 73.1 Å². The molecule has 2 aromatic carbocycles. The number of halogens is 1. The Bertz CT molecular complexity index is 945. The highest BCUT2D eigenvalue weighted by Gasteiger charge is 2.16. The highest BCUT2D eigenvalue weighted by atomic mass is 19.1. The molecule has 0 aliphatic carbocycles. The molecule has 0 aliphatic rings. The van der Waals surface area contributed by atoms with Crippen molar-refractivity contribution in [3.63, 3.8) is 0 Å². The lowest BCUT2D eigenvalue weighted by molar-refractivity contribution is 0.0992. The number of nitrogens with one attached hydrogen (secondary N) is 1. The molecule has 0 unspecified atom stereocenters. The zero-order valence-electron chi connectivity index (χ0n) is 14.0. The lowest BCUT2D eigenvalue weighted by Gasteiger charge is -2.17. The first-order valence-corrected chi connectivity index (χ1v) is 7.89. The Morgan fingerprint density at radius 1 is 0.962 bits per heavy atom. The molecular formula is C20H16FN3O2. The smallest absolute Gasteiger partial charge is 0.259 e. The Labute approximate surface area is 150 Å². The van der Waals surface area contributed by atoms with Gasteiger partial charge >= 0.3 is 0 Å². The molecule has 26 heavy (non-hydrogen) atoms. The third-order valence-electron chi connectivity index (χ3n) is 3.78. The second-order valence-corrected chi connectivity index (χ2v) is 5.63. The lowest BCUT2D eigenvalue weighted by atomic mass is 10.1. The molecule has 1 N–H and O–H groups in total. The quantitative estimate of drug-likeness (QED) is 0.780. The van der Waals surface area contributed by atoms with Crippen LogP contribution in [0.3, 0.4) is 0 Å². The standard InChI is InChI=1S/C20H16FN3O2/c1-24(18-8-3-2-4-9-18)20(26)15-10-14(12-22-13-15)19(25)23-17-7-5-6-16(21)11-17/h2-13H,1H3,(H,23,25). The van der Waals surface area contributed by atoms with Crippen molar-refractivity contribution >= 4 is 23.2 Å². The van der Waals surface area contributed by atoms with Gasteiger partial charge in [0, 0.05) is 30.8 Å². The van der Waals surface area contributed by atoms with E-state index in [1.165, 1.54) is 41.6 Å². The fourth-order valence-corrected chi connectivity index (χ4v) is 2.41. The summed E-state index contributed by atoms with van der Waals surface area (Å²) in [4.78, 5) is 30.4. The maximum absolute atomic E-state index is 13.2. The number of nitrogens with zero attached hydrogens (tertiary/aromatic N) is 2. The van der Waals surface area contributed by atoms with E-state index >= 15 is 0 Å². The molecule has 6 heteroatoms. The van der Waals surface area contributed by atoms with E-state index < -0.39 is 11.7 Å². The Balaban J connectivity index is 1.79. The van der Waals surface area contributed by atoms with E-state index in [0.717, 1.165) is 5.69 Å². The fraction of sp³-hybridized carbons (Fsp3) is 0.0500. The van der Waals surface area contributed by atoms with Crippen LogP contribution in [0.2, 0.25) is 0 Å². The first-order valence-electron chi connectivity index (χ1n) is 7.89. The molecule has 2 amide bonds. The summed E-state index contributed by atoms with van der Waals surface area (Å²) in [5.74, 6) is -1.21. The minimum Gasteiger partial charge on any atom is -0.322 e. The summed E-state index contributed by atoms with van der Waals surface area (Å²) in [7, 11) is 1.65. The van der Waals surface area contributed by atoms with Crippen LogP contribution in [0, 0.1) is 5.82 Å². The monoisotopic (exact) mass is 349 g/mol. The van der Waals surface area contributed by atoms with Gasteiger partial charge in [0.05, 0.1) is 11.1 Å². The van der Waals surface area contributed by atoms with Gasteiger partial charge in [-0.3, -0.25) is 14.6 Å². The van der Waals surface area contributed by atoms with Gasteiger partial charge in [0.25, 0.3) is 11.8 Å². The van der Waals surface area contributed by atoms with Gasteiger partial charge in [-0.25, -0.2) is 4.39 Å². The van der Waals surface area contributed by atoms with E-state index in [-0.39, 0.29) is 17.0 Å². The van der Waals surface area contributed by atoms with Crippen molar-refractivity contribution in [1.82, 2.24) is 4.98 Å². The highest BCUT2D eigenvalue weighted by molar-refractivity contribution is 6.09. The second-order valence-electron chi connectivity index (χ2n) is 5.63. The largest absolute Gasteiger partial charge is 0.322 e. The summed E-state index contributed by atoms with van der Waals surface area (Å²) in [5.41, 5.74) is 1.55. The molecule has 0 spiro atoms. The highest BCUT2D eigenvalue weighted by Crippen LogP contribution is 2.16. The maximum atomic E-state index is 13.2. The van der Waals surface area contributed by atoms with Gasteiger partial charge in [-0.2, -0.15) is 0 Å². The first-order chi connectivity index (χ1) is 12.5. The second kappa shape index (κ2) is 7.57. The predicted octanol–water partition coefficient (Wildman–Crippen LogP) is 3.75. The fourth-order valence-electron chi connectivity index (χ4n) is 2.41. The van der Waals surface area contributed by atoms with Gasteiger partial charge in [0.2, 0.25) is 0 Å². The number of benzene rings is 2. The van der Waals surface area contributed by atoms with E-state index in [1.807, 2.05) is 30.3 Å². The number of carbonyl (C=O) groups excluding carboxylic acids is 2. The Kier molecular flexibility index (Phi) is 5.03. The van der Waals surface area contributed by atoms with Crippen LogP contribution in [0.1, 0.15) is 20.7 Å². The van der Waals surface area contributed by atoms with Crippen molar-refractivity contribution in [3.05, 3.63) is 90.0 Å². The van der Waals surface area contributed by atoms with Crippen LogP contribution < -0.4 is 10.2 Å². The summed E-state index contributed by atoms with van der Waals surface area (Å²) in [5, 5.41) is 2.58. The van der Waals surface area contributed by atoms with Crippen LogP contribution in [-0.4, -0.2) is 23.8 Å². The van der Waals surface area contributed by atoms with E-state index in [4.69, 9.17) is 0 Å². The van der Waals surface area contributed by atoms with Crippen LogP contribution in [0.5, 0.6) is 0 Å². The molecule has 1 heterocycles. The molecule has 0 fully saturated rings. The Morgan fingerprint density at radius 3 is 2.42 bits per heavy atom. The summed E-state index contributed by atoms with van der Waals surface area (Å²) < 4.78 is 13.2. The topological polar surface area (TPSA) is 62.3 Å². The first kappa shape index (κ1) is 17.3. The summed E-state index contributed by atoms with van der Waals surface area (Å²) >= 11 is 0. The number of anilines is 2. The van der Waals surface area contributed by atoms with Crippen LogP contribution in [-0.2, 0) is 0 Å². The van der Waals surface area contributed by atoms with Crippen molar-refractivity contribution in [2.24, 2.45) is 0 Å². The van der Waals surface area contributed by atoms with Gasteiger partial charge in [0.15, 0.2) is 0 Å². The molecule has 130 valence electrons. The number of hydrogen-bond donors (Lipinski definition) is 1. The average molecular weight is 349 g/mol. The molecule has 0 aliphatic heterocycles. The van der Waals surface area contributed by atoms with Crippen LogP contribution in [0.25, 0.3) is 0 Å². The minimum atomic E-state index is -0.472. The van der Waals surface area contributed by atoms with E-state index in [9.17, 15) is 14.0 Å². The average Bonchev–Trinajstić information content (AvgIpc) is 2.67.